The normalized spacial score (nSPS) is 18.1. The van der Waals surface area contributed by atoms with Crippen molar-refractivity contribution in [2.45, 2.75) is 76.2 Å². The van der Waals surface area contributed by atoms with Crippen molar-refractivity contribution >= 4 is 50.7 Å². The number of anilines is 2. The third-order valence-corrected chi connectivity index (χ3v) is 11.0. The number of nitrogens with one attached hydrogen (secondary N) is 2. The number of sulfonamides is 1. The van der Waals surface area contributed by atoms with Gasteiger partial charge in [-0.25, -0.2) is 12.7 Å². The predicted molar refractivity (Wildman–Crippen MR) is 194 cm³/mol. The first-order chi connectivity index (χ1) is 23.6. The molecule has 0 radical (unpaired) electrons. The molecule has 0 aliphatic carbocycles. The van der Waals surface area contributed by atoms with Crippen molar-refractivity contribution in [3.8, 4) is 11.5 Å². The minimum Gasteiger partial charge on any atom is -0.496 e. The predicted octanol–water partition coefficient (Wildman–Crippen LogP) is 6.13. The Morgan fingerprint density at radius 1 is 0.980 bits per heavy atom. The Bertz CT molecular complexity index is 1900. The highest BCUT2D eigenvalue weighted by atomic mass is 35.5. The van der Waals surface area contributed by atoms with Gasteiger partial charge in [0.2, 0.25) is 5.91 Å². The number of nitrogens with zero attached hydrogens (tertiary/aromatic N) is 2. The summed E-state index contributed by atoms with van der Waals surface area (Å²) in [5.74, 6) is -0.918. The summed E-state index contributed by atoms with van der Waals surface area (Å²) in [6.45, 7) is 11.9. The van der Waals surface area contributed by atoms with Crippen LogP contribution in [0.1, 0.15) is 81.8 Å². The van der Waals surface area contributed by atoms with Gasteiger partial charge < -0.3 is 25.0 Å². The van der Waals surface area contributed by atoms with Gasteiger partial charge in [-0.2, -0.15) is 0 Å². The van der Waals surface area contributed by atoms with Crippen molar-refractivity contribution in [3.63, 3.8) is 0 Å². The van der Waals surface area contributed by atoms with Gasteiger partial charge in [-0.1, -0.05) is 18.0 Å². The summed E-state index contributed by atoms with van der Waals surface area (Å²) in [6.07, 6.45) is 3.77. The Morgan fingerprint density at radius 2 is 1.70 bits per heavy atom. The van der Waals surface area contributed by atoms with Crippen LogP contribution in [0.25, 0.3) is 0 Å². The molecule has 2 heterocycles. The molecule has 5 rings (SSSR count). The largest absolute Gasteiger partial charge is 0.496 e. The molecule has 1 atom stereocenters. The highest BCUT2D eigenvalue weighted by molar-refractivity contribution is 7.93. The molecule has 3 amide bonds. The number of hydrogen-bond acceptors (Lipinski definition) is 8. The number of halogens is 1. The molecule has 0 aromatic heterocycles. The van der Waals surface area contributed by atoms with Crippen molar-refractivity contribution in [1.29, 1.82) is 0 Å². The van der Waals surface area contributed by atoms with Gasteiger partial charge in [-0.15, -0.1) is 0 Å². The van der Waals surface area contributed by atoms with Crippen molar-refractivity contribution in [2.24, 2.45) is 0 Å². The van der Waals surface area contributed by atoms with Gasteiger partial charge in [-0.05, 0) is 115 Å². The van der Waals surface area contributed by atoms with Crippen molar-refractivity contribution in [3.05, 3.63) is 76.3 Å². The summed E-state index contributed by atoms with van der Waals surface area (Å²) >= 11 is 6.78. The van der Waals surface area contributed by atoms with Crippen LogP contribution in [0.2, 0.25) is 5.02 Å². The molecule has 50 heavy (non-hydrogen) atoms. The van der Waals surface area contributed by atoms with Crippen molar-refractivity contribution in [2.75, 3.05) is 43.0 Å². The summed E-state index contributed by atoms with van der Waals surface area (Å²) in [7, 11) is -3.22. The zero-order valence-corrected chi connectivity index (χ0v) is 31.0. The van der Waals surface area contributed by atoms with Gasteiger partial charge in [-0.3, -0.25) is 14.4 Å². The molecule has 0 saturated carbocycles. The second kappa shape index (κ2) is 14.6. The van der Waals surface area contributed by atoms with Crippen LogP contribution < -0.4 is 24.4 Å². The average Bonchev–Trinajstić information content (AvgIpc) is 3.30. The monoisotopic (exact) mass is 724 g/mol. The maximum Gasteiger partial charge on any atom is 0.271 e. The molecule has 3 aromatic carbocycles. The third kappa shape index (κ3) is 7.47. The molecule has 0 spiro atoms. The minimum absolute atomic E-state index is 0.0286. The zero-order valence-electron chi connectivity index (χ0n) is 29.4. The highest BCUT2D eigenvalue weighted by Gasteiger charge is 2.54. The van der Waals surface area contributed by atoms with Gasteiger partial charge in [0.05, 0.1) is 29.9 Å². The fourth-order valence-corrected chi connectivity index (χ4v) is 8.29. The van der Waals surface area contributed by atoms with Gasteiger partial charge >= 0.3 is 0 Å². The lowest BCUT2D eigenvalue weighted by Gasteiger charge is -2.27. The fraction of sp³-hybridized carbons (Fsp3) is 0.432. The van der Waals surface area contributed by atoms with E-state index in [1.54, 1.807) is 37.3 Å². The number of amides is 3. The van der Waals surface area contributed by atoms with E-state index >= 15 is 0 Å². The molecule has 3 aromatic rings. The summed E-state index contributed by atoms with van der Waals surface area (Å²) in [5.41, 5.74) is -0.767. The number of ether oxygens (including phenoxy) is 2. The Hall–Kier alpha value is -4.13. The Morgan fingerprint density at radius 3 is 2.36 bits per heavy atom. The maximum absolute atomic E-state index is 14.7. The smallest absolute Gasteiger partial charge is 0.271 e. The van der Waals surface area contributed by atoms with Gasteiger partial charge in [0, 0.05) is 40.8 Å². The van der Waals surface area contributed by atoms with Crippen molar-refractivity contribution < 1.29 is 32.3 Å². The van der Waals surface area contributed by atoms with Crippen LogP contribution in [0, 0.1) is 0 Å². The number of carbonyl (C=O) groups is 3. The third-order valence-electron chi connectivity index (χ3n) is 8.99. The molecule has 1 saturated heterocycles. The maximum atomic E-state index is 14.7. The summed E-state index contributed by atoms with van der Waals surface area (Å²) in [6, 6.07) is 13.5. The van der Waals surface area contributed by atoms with E-state index < -0.39 is 32.8 Å². The van der Waals surface area contributed by atoms with E-state index in [9.17, 15) is 22.8 Å². The van der Waals surface area contributed by atoms with E-state index in [-0.39, 0.29) is 32.8 Å². The van der Waals surface area contributed by atoms with E-state index in [0.29, 0.717) is 42.1 Å². The fourth-order valence-electron chi connectivity index (χ4n) is 6.46. The topological polar surface area (TPSA) is 134 Å². The van der Waals surface area contributed by atoms with Gasteiger partial charge in [0.1, 0.15) is 16.9 Å². The first-order valence-corrected chi connectivity index (χ1v) is 18.6. The Kier molecular flexibility index (Phi) is 10.9. The van der Waals surface area contributed by atoms with Gasteiger partial charge in [0.25, 0.3) is 21.8 Å². The number of benzene rings is 3. The lowest BCUT2D eigenvalue weighted by molar-refractivity contribution is -0.120. The van der Waals surface area contributed by atoms with Crippen LogP contribution >= 0.6 is 11.6 Å². The second-order valence-corrected chi connectivity index (χ2v) is 16.0. The molecular weight excluding hydrogens is 680 g/mol. The zero-order chi connectivity index (χ0) is 36.4. The number of fused-ring (bicyclic) bond motifs is 1. The molecule has 13 heteroatoms. The van der Waals surface area contributed by atoms with E-state index in [0.717, 1.165) is 30.2 Å². The minimum atomic E-state index is -4.56. The molecule has 2 aliphatic rings. The number of carbonyl (C=O) groups excluding carboxylic acids is 3. The standard InChI is InChI=1S/C37H45ClN4O7S/c1-7-49-25-12-16-31-29(22-25)37(5,28-21-24(11-15-30(28)38)39-33(43)17-20-41-18-9-8-10-19-41)35(45)42(31)50(46,47)26-13-14-27(32(23-26)48-6)34(44)40-36(2,3)4/h11-16,21-23H,7-10,17-20H2,1-6H3,(H,39,43)(H,40,44). The van der Waals surface area contributed by atoms with E-state index in [1.165, 1.54) is 37.8 Å². The van der Waals surface area contributed by atoms with Crippen molar-refractivity contribution in [1.82, 2.24) is 10.2 Å². The molecule has 1 fully saturated rings. The number of piperidine rings is 1. The SMILES string of the molecule is CCOc1ccc2c(c1)C(C)(c1cc(NC(=O)CCN3CCCCC3)ccc1Cl)C(=O)N2S(=O)(=O)c1ccc(C(=O)NC(C)(C)C)c(OC)c1. The molecule has 0 bridgehead atoms. The Labute approximate surface area is 299 Å². The number of rotatable bonds is 11. The van der Waals surface area contributed by atoms with E-state index in [1.807, 2.05) is 27.7 Å². The first kappa shape index (κ1) is 37.1. The summed E-state index contributed by atoms with van der Waals surface area (Å²) in [5, 5.41) is 5.99. The molecule has 2 N–H and O–H groups in total. The van der Waals surface area contributed by atoms with Crippen LogP contribution in [0.3, 0.4) is 0 Å². The second-order valence-electron chi connectivity index (χ2n) is 13.8. The van der Waals surface area contributed by atoms with Crippen LogP contribution in [0.5, 0.6) is 11.5 Å². The Balaban J connectivity index is 1.53. The van der Waals surface area contributed by atoms with Crippen LogP contribution in [0.15, 0.2) is 59.5 Å². The lowest BCUT2D eigenvalue weighted by atomic mass is 9.77. The van der Waals surface area contributed by atoms with Crippen LogP contribution in [-0.4, -0.2) is 69.9 Å². The van der Waals surface area contributed by atoms with Crippen LogP contribution in [-0.2, 0) is 25.0 Å². The number of methoxy groups -OCH3 is 1. The first-order valence-electron chi connectivity index (χ1n) is 16.8. The molecule has 2 aliphatic heterocycles. The van der Waals surface area contributed by atoms with E-state index in [2.05, 4.69) is 15.5 Å². The number of likely N-dealkylation sites (tertiary alicyclic amines) is 1. The molecule has 1 unspecified atom stereocenters. The molecule has 11 nitrogen and oxygen atoms in total. The average molecular weight is 725 g/mol. The quantitative estimate of drug-likeness (QED) is 0.241. The summed E-state index contributed by atoms with van der Waals surface area (Å²) < 4.78 is 40.8. The highest BCUT2D eigenvalue weighted by Crippen LogP contribution is 2.51. The summed E-state index contributed by atoms with van der Waals surface area (Å²) in [4.78, 5) is 42.7. The molecular formula is C37H45ClN4O7S. The van der Waals surface area contributed by atoms with Crippen LogP contribution in [0.4, 0.5) is 11.4 Å². The van der Waals surface area contributed by atoms with E-state index in [4.69, 9.17) is 21.1 Å². The number of hydrogen-bond donors (Lipinski definition) is 2. The lowest BCUT2D eigenvalue weighted by Crippen LogP contribution is -2.42. The van der Waals surface area contributed by atoms with Gasteiger partial charge in [0.15, 0.2) is 0 Å². The molecule has 268 valence electrons.